The molecule has 4 aromatic rings. The van der Waals surface area contributed by atoms with Gasteiger partial charge in [0.1, 0.15) is 11.6 Å². The monoisotopic (exact) mass is 674 g/mol. The summed E-state index contributed by atoms with van der Waals surface area (Å²) in [6.07, 6.45) is -3.56. The molecule has 3 amide bonds. The lowest BCUT2D eigenvalue weighted by Gasteiger charge is -2.45. The number of aromatic nitrogens is 1. The number of fused-ring (bicyclic) bond motifs is 1. The molecule has 1 aliphatic rings. The second kappa shape index (κ2) is 15.1. The summed E-state index contributed by atoms with van der Waals surface area (Å²) in [5.74, 6) is -2.30. The Labute approximate surface area is 284 Å². The van der Waals surface area contributed by atoms with Crippen LogP contribution < -0.4 is 5.32 Å². The topological polar surface area (TPSA) is 91.8 Å². The van der Waals surface area contributed by atoms with E-state index < -0.39 is 41.9 Å². The summed E-state index contributed by atoms with van der Waals surface area (Å²) in [7, 11) is 0. The van der Waals surface area contributed by atoms with E-state index in [-0.39, 0.29) is 38.3 Å². The number of ether oxygens (including phenoxy) is 1. The number of para-hydroxylation sites is 1. The van der Waals surface area contributed by atoms with E-state index in [2.05, 4.69) is 10.3 Å². The average Bonchev–Trinajstić information content (AvgIpc) is 3.06. The number of rotatable bonds is 9. The third kappa shape index (κ3) is 9.37. The molecule has 258 valence electrons. The van der Waals surface area contributed by atoms with Crippen LogP contribution in [-0.2, 0) is 33.7 Å². The molecular formula is C38H41F3N4O4. The van der Waals surface area contributed by atoms with Gasteiger partial charge in [0, 0.05) is 43.2 Å². The molecule has 3 aromatic carbocycles. The Kier molecular flexibility index (Phi) is 10.9. The molecule has 3 atom stereocenters. The molecular weight excluding hydrogens is 633 g/mol. The second-order valence-electron chi connectivity index (χ2n) is 13.4. The fourth-order valence-electron chi connectivity index (χ4n) is 6.39. The standard InChI is InChI=1S/C38H41F3N4O4/c1-37(2,3)49-36(48)43-33(23-27-14-8-5-9-15-27)34(46)44-21-19-29(24-30(44)22-26-12-6-4-7-13-26)45(35(47)38(39,40)41)25-28-18-20-42-32-17-11-10-16-31(28)32/h4-18,20,29-30,33H,19,21-25H2,1-3H3,(H,43,48)/t29?,30?,33-/m0/s1. The minimum Gasteiger partial charge on any atom is -0.444 e. The van der Waals surface area contributed by atoms with Crippen molar-refractivity contribution in [1.82, 2.24) is 20.1 Å². The van der Waals surface area contributed by atoms with Crippen molar-refractivity contribution in [3.05, 3.63) is 114 Å². The number of nitrogens with zero attached hydrogens (tertiary/aromatic N) is 3. The van der Waals surface area contributed by atoms with Crippen molar-refractivity contribution >= 4 is 28.8 Å². The molecule has 0 saturated carbocycles. The number of piperidine rings is 1. The Morgan fingerprint density at radius 2 is 1.55 bits per heavy atom. The molecule has 1 saturated heterocycles. The van der Waals surface area contributed by atoms with Gasteiger partial charge in [-0.2, -0.15) is 13.2 Å². The van der Waals surface area contributed by atoms with Crippen molar-refractivity contribution in [3.8, 4) is 0 Å². The highest BCUT2D eigenvalue weighted by Gasteiger charge is 2.47. The normalized spacial score (nSPS) is 17.3. The van der Waals surface area contributed by atoms with Gasteiger partial charge in [0.15, 0.2) is 0 Å². The molecule has 1 N–H and O–H groups in total. The third-order valence-electron chi connectivity index (χ3n) is 8.58. The van der Waals surface area contributed by atoms with E-state index in [1.165, 1.54) is 6.20 Å². The SMILES string of the molecule is CC(C)(C)OC(=O)N[C@@H](Cc1ccccc1)C(=O)N1CCC(N(Cc2ccnc3ccccc23)C(=O)C(F)(F)F)CC1Cc1ccccc1. The Morgan fingerprint density at radius 1 is 0.918 bits per heavy atom. The quantitative estimate of drug-likeness (QED) is 0.210. The largest absolute Gasteiger partial charge is 0.471 e. The van der Waals surface area contributed by atoms with Gasteiger partial charge < -0.3 is 19.9 Å². The predicted octanol–water partition coefficient (Wildman–Crippen LogP) is 6.86. The number of carbonyl (C=O) groups is 3. The maximum Gasteiger partial charge on any atom is 0.471 e. The van der Waals surface area contributed by atoms with Crippen LogP contribution in [0.15, 0.2) is 97.2 Å². The predicted molar refractivity (Wildman–Crippen MR) is 180 cm³/mol. The zero-order valence-electron chi connectivity index (χ0n) is 27.8. The third-order valence-corrected chi connectivity index (χ3v) is 8.58. The van der Waals surface area contributed by atoms with Crippen molar-refractivity contribution in [2.45, 2.75) is 82.9 Å². The van der Waals surface area contributed by atoms with Crippen LogP contribution in [0.5, 0.6) is 0 Å². The lowest BCUT2D eigenvalue weighted by Crippen LogP contribution is -2.59. The van der Waals surface area contributed by atoms with Gasteiger partial charge in [0.2, 0.25) is 5.91 Å². The number of pyridine rings is 1. The summed E-state index contributed by atoms with van der Waals surface area (Å²) >= 11 is 0. The van der Waals surface area contributed by atoms with Gasteiger partial charge in [0.05, 0.1) is 5.52 Å². The number of carbonyl (C=O) groups excluding carboxylic acids is 3. The Balaban J connectivity index is 1.47. The summed E-state index contributed by atoms with van der Waals surface area (Å²) in [5, 5.41) is 3.42. The summed E-state index contributed by atoms with van der Waals surface area (Å²) in [6, 6.07) is 25.0. The van der Waals surface area contributed by atoms with E-state index in [4.69, 9.17) is 4.74 Å². The minimum absolute atomic E-state index is 0.0843. The fraction of sp³-hybridized carbons (Fsp3) is 0.368. The molecule has 1 fully saturated rings. The van der Waals surface area contributed by atoms with E-state index >= 15 is 0 Å². The Bertz CT molecular complexity index is 1740. The van der Waals surface area contributed by atoms with Gasteiger partial charge >= 0.3 is 18.2 Å². The van der Waals surface area contributed by atoms with Crippen molar-refractivity contribution < 1.29 is 32.3 Å². The molecule has 0 bridgehead atoms. The molecule has 1 aliphatic heterocycles. The average molecular weight is 675 g/mol. The zero-order chi connectivity index (χ0) is 35.2. The molecule has 2 unspecified atom stereocenters. The summed E-state index contributed by atoms with van der Waals surface area (Å²) in [6.45, 7) is 4.99. The van der Waals surface area contributed by atoms with Crippen LogP contribution in [0.4, 0.5) is 18.0 Å². The number of nitrogens with one attached hydrogen (secondary N) is 1. The maximum absolute atomic E-state index is 14.4. The highest BCUT2D eigenvalue weighted by atomic mass is 19.4. The Hall–Kier alpha value is -4.93. The molecule has 2 heterocycles. The van der Waals surface area contributed by atoms with Crippen LogP contribution in [0.3, 0.4) is 0 Å². The summed E-state index contributed by atoms with van der Waals surface area (Å²) < 4.78 is 47.9. The van der Waals surface area contributed by atoms with E-state index in [9.17, 15) is 27.6 Å². The lowest BCUT2D eigenvalue weighted by atomic mass is 9.89. The van der Waals surface area contributed by atoms with Crippen molar-refractivity contribution in [3.63, 3.8) is 0 Å². The highest BCUT2D eigenvalue weighted by molar-refractivity contribution is 5.87. The van der Waals surface area contributed by atoms with Crippen LogP contribution in [0.25, 0.3) is 10.9 Å². The Morgan fingerprint density at radius 3 is 2.20 bits per heavy atom. The zero-order valence-corrected chi connectivity index (χ0v) is 27.8. The smallest absolute Gasteiger partial charge is 0.444 e. The van der Waals surface area contributed by atoms with Crippen molar-refractivity contribution in [2.24, 2.45) is 0 Å². The number of amides is 3. The fourth-order valence-corrected chi connectivity index (χ4v) is 6.39. The lowest BCUT2D eigenvalue weighted by molar-refractivity contribution is -0.190. The van der Waals surface area contributed by atoms with Crippen molar-refractivity contribution in [1.29, 1.82) is 0 Å². The van der Waals surface area contributed by atoms with Gasteiger partial charge in [-0.25, -0.2) is 4.79 Å². The van der Waals surface area contributed by atoms with E-state index in [1.807, 2.05) is 60.7 Å². The van der Waals surface area contributed by atoms with Gasteiger partial charge in [-0.3, -0.25) is 14.6 Å². The number of likely N-dealkylation sites (tertiary alicyclic amines) is 1. The molecule has 5 rings (SSSR count). The number of hydrogen-bond acceptors (Lipinski definition) is 5. The number of benzene rings is 3. The second-order valence-corrected chi connectivity index (χ2v) is 13.4. The van der Waals surface area contributed by atoms with Gasteiger partial charge in [-0.15, -0.1) is 0 Å². The van der Waals surface area contributed by atoms with Crippen LogP contribution in [0, 0.1) is 0 Å². The number of alkyl carbamates (subject to hydrolysis) is 1. The molecule has 8 nitrogen and oxygen atoms in total. The molecule has 0 aliphatic carbocycles. The van der Waals surface area contributed by atoms with Crippen LogP contribution in [-0.4, -0.2) is 69.1 Å². The number of hydrogen-bond donors (Lipinski definition) is 1. The summed E-state index contributed by atoms with van der Waals surface area (Å²) in [4.78, 5) is 47.3. The van der Waals surface area contributed by atoms with Crippen molar-refractivity contribution in [2.75, 3.05) is 6.54 Å². The van der Waals surface area contributed by atoms with Crippen LogP contribution in [0.2, 0.25) is 0 Å². The number of alkyl halides is 3. The molecule has 49 heavy (non-hydrogen) atoms. The van der Waals surface area contributed by atoms with E-state index in [0.717, 1.165) is 16.0 Å². The van der Waals surface area contributed by atoms with E-state index in [1.54, 1.807) is 56.0 Å². The molecule has 0 spiro atoms. The first kappa shape index (κ1) is 35.4. The van der Waals surface area contributed by atoms with Gasteiger partial charge in [-0.05, 0) is 68.9 Å². The van der Waals surface area contributed by atoms with Crippen LogP contribution >= 0.6 is 0 Å². The minimum atomic E-state index is -5.09. The van der Waals surface area contributed by atoms with E-state index in [0.29, 0.717) is 22.9 Å². The maximum atomic E-state index is 14.4. The summed E-state index contributed by atoms with van der Waals surface area (Å²) in [5.41, 5.74) is 2.07. The number of halogens is 3. The first-order valence-corrected chi connectivity index (χ1v) is 16.4. The molecule has 1 aromatic heterocycles. The first-order valence-electron chi connectivity index (χ1n) is 16.4. The molecule has 11 heteroatoms. The van der Waals surface area contributed by atoms with Gasteiger partial charge in [-0.1, -0.05) is 78.9 Å². The van der Waals surface area contributed by atoms with Gasteiger partial charge in [0.25, 0.3) is 0 Å². The first-order chi connectivity index (χ1) is 23.3. The molecule has 0 radical (unpaired) electrons. The highest BCUT2D eigenvalue weighted by Crippen LogP contribution is 2.31. The van der Waals surface area contributed by atoms with Crippen LogP contribution in [0.1, 0.15) is 50.3 Å².